The van der Waals surface area contributed by atoms with Gasteiger partial charge in [0.25, 0.3) is 0 Å². The van der Waals surface area contributed by atoms with Crippen molar-refractivity contribution in [2.45, 2.75) is 156 Å². The summed E-state index contributed by atoms with van der Waals surface area (Å²) in [5, 5.41) is 55.3. The number of ether oxygens (including phenoxy) is 2. The van der Waals surface area contributed by atoms with Gasteiger partial charge in [0.15, 0.2) is 5.78 Å². The Labute approximate surface area is 475 Å². The fourth-order valence-electron chi connectivity index (χ4n) is 10.6. The fraction of sp³-hybridized carbons (Fsp3) is 0.448. The van der Waals surface area contributed by atoms with Crippen LogP contribution in [0.15, 0.2) is 91.8 Å². The van der Waals surface area contributed by atoms with Crippen molar-refractivity contribution in [1.29, 1.82) is 0 Å². The van der Waals surface area contributed by atoms with Gasteiger partial charge in [-0.15, -0.1) is 30.6 Å². The van der Waals surface area contributed by atoms with Gasteiger partial charge in [0.05, 0.1) is 125 Å². The second-order valence-corrected chi connectivity index (χ2v) is 21.6. The van der Waals surface area contributed by atoms with Gasteiger partial charge in [0.2, 0.25) is 0 Å². The molecule has 20 bridgehead atoms. The van der Waals surface area contributed by atoms with Crippen LogP contribution in [0.1, 0.15) is 171 Å². The summed E-state index contributed by atoms with van der Waals surface area (Å²) in [6.45, 7) is 6.22. The van der Waals surface area contributed by atoms with Crippen LogP contribution in [0.25, 0.3) is 34.1 Å². The Morgan fingerprint density at radius 3 is 0.963 bits per heavy atom. The Morgan fingerprint density at radius 1 is 0.390 bits per heavy atom. The van der Waals surface area contributed by atoms with Gasteiger partial charge in [-0.2, -0.15) is 0 Å². The zero-order valence-corrected chi connectivity index (χ0v) is 47.0. The Hall–Kier alpha value is -8.64. The van der Waals surface area contributed by atoms with E-state index in [0.29, 0.717) is 114 Å². The van der Waals surface area contributed by atoms with Gasteiger partial charge in [-0.25, -0.2) is 32.9 Å². The number of methoxy groups -OCH3 is 1. The molecule has 2 atom stereocenters. The van der Waals surface area contributed by atoms with E-state index in [1.807, 2.05) is 67.5 Å². The van der Waals surface area contributed by atoms with Crippen LogP contribution < -0.4 is 4.74 Å². The second-order valence-electron chi connectivity index (χ2n) is 21.6. The molecular weight excluding hydrogens is 1040 g/mol. The van der Waals surface area contributed by atoms with E-state index in [9.17, 15) is 9.59 Å². The molecule has 12 rings (SSSR count). The summed E-state index contributed by atoms with van der Waals surface area (Å²) in [6, 6.07) is 16.6. The van der Waals surface area contributed by atoms with E-state index in [0.717, 1.165) is 24.2 Å². The maximum Gasteiger partial charge on any atom is 0.338 e. The third-order valence-corrected chi connectivity index (χ3v) is 14.9. The smallest absolute Gasteiger partial charge is 0.338 e. The van der Waals surface area contributed by atoms with Crippen LogP contribution in [0.3, 0.4) is 0 Å². The lowest BCUT2D eigenvalue weighted by Gasteiger charge is -2.18. The molecule has 0 spiro atoms. The summed E-state index contributed by atoms with van der Waals surface area (Å²) < 4.78 is 21.7. The molecule has 9 heterocycles. The molecule has 6 aromatic heterocycles. The van der Waals surface area contributed by atoms with Crippen LogP contribution in [0.5, 0.6) is 5.75 Å². The SMILES string of the molecule is CCCCCCCCCCCCCCCCCCOc1cc2cc(c1)-n1cc(nn1)CN1Cc3cn(nn3)-c3cc(C(C)=O)cc(c3)-n3cc(nn3)CN(Cc3cn-2nn3)Cc2cn(nn2)-c2cc(C(=O)OC)cc(c2)-n2cc(nn2)C1. The molecule has 0 fully saturated rings. The number of unbranched alkanes of at least 4 members (excludes halogenated alkanes) is 15. The van der Waals surface area contributed by atoms with E-state index >= 15 is 0 Å². The number of ketones is 1. The fourth-order valence-corrected chi connectivity index (χ4v) is 10.6. The molecule has 426 valence electrons. The Bertz CT molecular complexity index is 3400. The van der Waals surface area contributed by atoms with Gasteiger partial charge >= 0.3 is 5.97 Å². The van der Waals surface area contributed by atoms with Crippen molar-refractivity contribution >= 4 is 11.8 Å². The standard InChI is InChI=1S/C58H70N20O4/c1-4-5-6-7-8-9-10-11-12-13-14-15-16-17-18-19-20-82-57-28-55-27-56(29-57)78-41-50(64-70-78)35-72-31-46-37-74(66-60-46)52-22-43(42(2)79)21-51(25-52)73-36-45(59-65-73)30-71(34-49-40-77(55)69-63-49)32-47-38-75(67-61-47)53-23-44(58(80)81-3)24-54(26-53)76-39-48(33-72)62-68-76/h21-29,36-41H,4-20,30-35H2,1-3H3. The molecule has 82 heavy (non-hydrogen) atoms. The average Bonchev–Trinajstić information content (AvgIpc) is 4.49. The van der Waals surface area contributed by atoms with E-state index in [4.69, 9.17) is 9.47 Å². The number of aromatic nitrogens is 18. The number of benzene rings is 3. The van der Waals surface area contributed by atoms with Crippen molar-refractivity contribution in [3.05, 3.63) is 137 Å². The minimum absolute atomic E-state index is 0.127. The second kappa shape index (κ2) is 26.3. The first-order valence-corrected chi connectivity index (χ1v) is 28.8. The predicted molar refractivity (Wildman–Crippen MR) is 301 cm³/mol. The monoisotopic (exact) mass is 1110 g/mol. The first-order valence-electron chi connectivity index (χ1n) is 28.8. The van der Waals surface area contributed by atoms with E-state index in [-0.39, 0.29) is 11.3 Å². The van der Waals surface area contributed by atoms with Crippen molar-refractivity contribution in [3.8, 4) is 39.9 Å². The molecule has 24 nitrogen and oxygen atoms in total. The first-order chi connectivity index (χ1) is 40.2. The Morgan fingerprint density at radius 2 is 0.671 bits per heavy atom. The predicted octanol–water partition coefficient (Wildman–Crippen LogP) is 8.83. The normalized spacial score (nSPS) is 14.9. The average molecular weight is 1110 g/mol. The molecule has 3 aliphatic heterocycles. The molecule has 0 saturated heterocycles. The van der Waals surface area contributed by atoms with Gasteiger partial charge in [-0.05, 0) is 55.8 Å². The van der Waals surface area contributed by atoms with Crippen LogP contribution in [0, 0.1) is 0 Å². The maximum absolute atomic E-state index is 13.2. The zero-order valence-electron chi connectivity index (χ0n) is 47.0. The maximum atomic E-state index is 13.2. The number of hydrogen-bond acceptors (Lipinski definition) is 18. The highest BCUT2D eigenvalue weighted by Gasteiger charge is 2.22. The summed E-state index contributed by atoms with van der Waals surface area (Å²) >= 11 is 0. The van der Waals surface area contributed by atoms with E-state index in [1.165, 1.54) is 104 Å². The number of Topliss-reactive ketones (excluding diaryl/α,β-unsaturated/α-hetero) is 1. The van der Waals surface area contributed by atoms with E-state index in [1.54, 1.807) is 52.4 Å². The number of nitrogens with zero attached hydrogens (tertiary/aromatic N) is 20. The lowest BCUT2D eigenvalue weighted by Crippen LogP contribution is -2.23. The number of rotatable bonds is 20. The summed E-state index contributed by atoms with van der Waals surface area (Å²) in [5.41, 5.74) is 8.36. The quantitative estimate of drug-likeness (QED) is 0.0393. The molecular formula is C58H70N20O4. The van der Waals surface area contributed by atoms with Gasteiger partial charge in [-0.1, -0.05) is 135 Å². The van der Waals surface area contributed by atoms with E-state index < -0.39 is 5.97 Å². The number of esters is 1. The molecule has 0 radical (unpaired) electrons. The minimum Gasteiger partial charge on any atom is -0.493 e. The highest BCUT2D eigenvalue weighted by molar-refractivity contribution is 5.95. The molecule has 0 N–H and O–H groups in total. The molecule has 0 aliphatic carbocycles. The molecule has 24 heteroatoms. The van der Waals surface area contributed by atoms with Crippen molar-refractivity contribution < 1.29 is 19.1 Å². The Balaban J connectivity index is 0.900. The van der Waals surface area contributed by atoms with Gasteiger partial charge in [-0.3, -0.25) is 14.6 Å². The van der Waals surface area contributed by atoms with Gasteiger partial charge in [0, 0.05) is 57.0 Å². The highest BCUT2D eigenvalue weighted by atomic mass is 16.5. The number of carbonyl (C=O) groups is 2. The summed E-state index contributed by atoms with van der Waals surface area (Å²) in [6.07, 6.45) is 31.9. The molecule has 2 unspecified atom stereocenters. The third kappa shape index (κ3) is 14.1. The molecule has 3 aliphatic rings. The van der Waals surface area contributed by atoms with Crippen LogP contribution in [-0.4, -0.2) is 125 Å². The summed E-state index contributed by atoms with van der Waals surface area (Å²) in [4.78, 5) is 30.4. The van der Waals surface area contributed by atoms with Crippen LogP contribution in [0.4, 0.5) is 0 Å². The lowest BCUT2D eigenvalue weighted by atomic mass is 10.0. The van der Waals surface area contributed by atoms with Crippen molar-refractivity contribution in [1.82, 2.24) is 99.8 Å². The topological polar surface area (TPSA) is 243 Å². The number of hydrogen-bond donors (Lipinski definition) is 0. The first kappa shape index (κ1) is 55.3. The molecule has 9 aromatic rings. The van der Waals surface area contributed by atoms with Crippen LogP contribution in [-0.2, 0) is 44.0 Å². The van der Waals surface area contributed by atoms with Crippen molar-refractivity contribution in [2.75, 3.05) is 13.7 Å². The van der Waals surface area contributed by atoms with E-state index in [2.05, 4.69) is 78.6 Å². The van der Waals surface area contributed by atoms with Crippen LogP contribution in [0.2, 0.25) is 0 Å². The highest BCUT2D eigenvalue weighted by Crippen LogP contribution is 2.27. The van der Waals surface area contributed by atoms with Crippen molar-refractivity contribution in [2.24, 2.45) is 0 Å². The Kier molecular flexibility index (Phi) is 17.7. The number of carbonyl (C=O) groups excluding carboxylic acids is 2. The summed E-state index contributed by atoms with van der Waals surface area (Å²) in [7, 11) is 1.34. The summed E-state index contributed by atoms with van der Waals surface area (Å²) in [5.74, 6) is 0.0152. The van der Waals surface area contributed by atoms with Gasteiger partial charge in [0.1, 0.15) is 5.75 Å². The largest absolute Gasteiger partial charge is 0.493 e. The molecule has 3 aromatic carbocycles. The molecule has 0 saturated carbocycles. The lowest BCUT2D eigenvalue weighted by molar-refractivity contribution is 0.0600. The third-order valence-electron chi connectivity index (χ3n) is 14.9. The van der Waals surface area contributed by atoms with Crippen LogP contribution >= 0.6 is 0 Å². The molecule has 0 amide bonds. The zero-order chi connectivity index (χ0) is 56.2. The van der Waals surface area contributed by atoms with Gasteiger partial charge < -0.3 is 9.47 Å². The van der Waals surface area contributed by atoms with Crippen molar-refractivity contribution in [3.63, 3.8) is 0 Å². The minimum atomic E-state index is -0.534.